The first-order valence-electron chi connectivity index (χ1n) is 6.01. The Kier molecular flexibility index (Phi) is 4.00. The van der Waals surface area contributed by atoms with Crippen molar-refractivity contribution in [2.45, 2.75) is 19.4 Å². The number of nitrogens with one attached hydrogen (secondary N) is 1. The summed E-state index contributed by atoms with van der Waals surface area (Å²) in [6.45, 7) is 1.36. The number of aromatic nitrogens is 2. The summed E-state index contributed by atoms with van der Waals surface area (Å²) in [5.74, 6) is -0.356. The van der Waals surface area contributed by atoms with Gasteiger partial charge in [0.2, 0.25) is 5.91 Å². The third kappa shape index (κ3) is 3.56. The van der Waals surface area contributed by atoms with Gasteiger partial charge < -0.3 is 9.88 Å². The van der Waals surface area contributed by atoms with Crippen LogP contribution in [0.4, 0.5) is 0 Å². The molecule has 100 valence electrons. The van der Waals surface area contributed by atoms with Crippen molar-refractivity contribution in [1.29, 1.82) is 0 Å². The van der Waals surface area contributed by atoms with Gasteiger partial charge in [0.25, 0.3) is 0 Å². The first-order valence-corrected chi connectivity index (χ1v) is 7.83. The Morgan fingerprint density at radius 1 is 1.50 bits per heavy atom. The highest BCUT2D eigenvalue weighted by Gasteiger charge is 2.32. The lowest BCUT2D eigenvalue weighted by atomic mass is 10.1. The first-order chi connectivity index (χ1) is 8.57. The summed E-state index contributed by atoms with van der Waals surface area (Å²) in [5.41, 5.74) is 0. The second kappa shape index (κ2) is 5.51. The molecule has 1 amide bonds. The molecule has 0 unspecified atom stereocenters. The SMILES string of the molecule is O=C(NCCCn1ccnc1)[C@@H]1CCS(=O)(=O)C1. The van der Waals surface area contributed by atoms with Gasteiger partial charge in [-0.25, -0.2) is 13.4 Å². The van der Waals surface area contributed by atoms with Gasteiger partial charge in [-0.1, -0.05) is 0 Å². The number of carbonyl (C=O) groups excluding carboxylic acids is 1. The summed E-state index contributed by atoms with van der Waals surface area (Å²) < 4.78 is 24.4. The fraction of sp³-hybridized carbons (Fsp3) is 0.636. The Balaban J connectivity index is 1.66. The zero-order valence-electron chi connectivity index (χ0n) is 10.1. The van der Waals surface area contributed by atoms with E-state index in [1.807, 2.05) is 10.8 Å². The van der Waals surface area contributed by atoms with Gasteiger partial charge in [0.05, 0.1) is 23.8 Å². The molecule has 2 heterocycles. The molecule has 1 N–H and O–H groups in total. The van der Waals surface area contributed by atoms with E-state index in [9.17, 15) is 13.2 Å². The highest BCUT2D eigenvalue weighted by atomic mass is 32.2. The van der Waals surface area contributed by atoms with E-state index in [2.05, 4.69) is 10.3 Å². The number of rotatable bonds is 5. The molecule has 1 fully saturated rings. The maximum atomic E-state index is 11.7. The van der Waals surface area contributed by atoms with Gasteiger partial charge in [-0.05, 0) is 12.8 Å². The molecule has 1 aliphatic heterocycles. The van der Waals surface area contributed by atoms with Crippen LogP contribution in [-0.4, -0.2) is 41.9 Å². The average Bonchev–Trinajstić information content (AvgIpc) is 2.93. The summed E-state index contributed by atoms with van der Waals surface area (Å²) in [6, 6.07) is 0. The maximum absolute atomic E-state index is 11.7. The van der Waals surface area contributed by atoms with Crippen LogP contribution < -0.4 is 5.32 Å². The Labute approximate surface area is 106 Å². The van der Waals surface area contributed by atoms with Crippen molar-refractivity contribution in [2.24, 2.45) is 5.92 Å². The molecule has 1 saturated heterocycles. The molecule has 6 nitrogen and oxygen atoms in total. The van der Waals surface area contributed by atoms with Crippen LogP contribution in [0.3, 0.4) is 0 Å². The molecule has 0 spiro atoms. The second-order valence-electron chi connectivity index (χ2n) is 4.55. The molecule has 0 bridgehead atoms. The summed E-state index contributed by atoms with van der Waals surface area (Å²) in [6.07, 6.45) is 6.57. The van der Waals surface area contributed by atoms with Crippen molar-refractivity contribution < 1.29 is 13.2 Å². The van der Waals surface area contributed by atoms with Crippen molar-refractivity contribution in [3.63, 3.8) is 0 Å². The number of hydrogen-bond acceptors (Lipinski definition) is 4. The molecule has 0 aliphatic carbocycles. The van der Waals surface area contributed by atoms with Crippen molar-refractivity contribution in [1.82, 2.24) is 14.9 Å². The van der Waals surface area contributed by atoms with Crippen LogP contribution in [0.25, 0.3) is 0 Å². The molecule has 0 radical (unpaired) electrons. The molecule has 1 aromatic rings. The van der Waals surface area contributed by atoms with Crippen molar-refractivity contribution in [3.8, 4) is 0 Å². The molecule has 18 heavy (non-hydrogen) atoms. The minimum atomic E-state index is -2.98. The predicted octanol–water partition coefficient (Wildman–Crippen LogP) is -0.176. The molecular weight excluding hydrogens is 254 g/mol. The highest BCUT2D eigenvalue weighted by Crippen LogP contribution is 2.18. The Bertz CT molecular complexity index is 496. The van der Waals surface area contributed by atoms with Crippen LogP contribution >= 0.6 is 0 Å². The summed E-state index contributed by atoms with van der Waals surface area (Å²) in [4.78, 5) is 15.6. The number of sulfone groups is 1. The molecule has 1 atom stereocenters. The van der Waals surface area contributed by atoms with E-state index in [0.717, 1.165) is 13.0 Å². The monoisotopic (exact) mass is 271 g/mol. The number of aryl methyl sites for hydroxylation is 1. The third-order valence-electron chi connectivity index (χ3n) is 3.05. The van der Waals surface area contributed by atoms with E-state index in [4.69, 9.17) is 0 Å². The zero-order chi connectivity index (χ0) is 13.0. The largest absolute Gasteiger partial charge is 0.356 e. The minimum absolute atomic E-state index is 0.000351. The second-order valence-corrected chi connectivity index (χ2v) is 6.77. The lowest BCUT2D eigenvalue weighted by Crippen LogP contribution is -2.32. The van der Waals surface area contributed by atoms with E-state index in [0.29, 0.717) is 13.0 Å². The van der Waals surface area contributed by atoms with E-state index < -0.39 is 9.84 Å². The fourth-order valence-electron chi connectivity index (χ4n) is 2.04. The van der Waals surface area contributed by atoms with E-state index >= 15 is 0 Å². The van der Waals surface area contributed by atoms with E-state index in [1.54, 1.807) is 12.5 Å². The van der Waals surface area contributed by atoms with E-state index in [-0.39, 0.29) is 23.3 Å². The van der Waals surface area contributed by atoms with Crippen molar-refractivity contribution in [2.75, 3.05) is 18.1 Å². The number of amides is 1. The summed E-state index contributed by atoms with van der Waals surface area (Å²) in [5, 5.41) is 2.79. The number of nitrogens with zero attached hydrogens (tertiary/aromatic N) is 2. The normalized spacial score (nSPS) is 21.9. The van der Waals surface area contributed by atoms with Crippen LogP contribution in [0.1, 0.15) is 12.8 Å². The third-order valence-corrected chi connectivity index (χ3v) is 4.82. The number of carbonyl (C=O) groups is 1. The molecule has 7 heteroatoms. The Hall–Kier alpha value is -1.37. The lowest BCUT2D eigenvalue weighted by Gasteiger charge is -2.09. The van der Waals surface area contributed by atoms with Gasteiger partial charge in [-0.15, -0.1) is 0 Å². The topological polar surface area (TPSA) is 81.1 Å². The fourth-order valence-corrected chi connectivity index (χ4v) is 3.78. The molecule has 1 aromatic heterocycles. The summed E-state index contributed by atoms with van der Waals surface area (Å²) in [7, 11) is -2.98. The van der Waals surface area contributed by atoms with Crippen LogP contribution in [0.2, 0.25) is 0 Å². The van der Waals surface area contributed by atoms with Gasteiger partial charge in [0, 0.05) is 25.5 Å². The van der Waals surface area contributed by atoms with Crippen LogP contribution in [0.5, 0.6) is 0 Å². The smallest absolute Gasteiger partial charge is 0.224 e. The Morgan fingerprint density at radius 2 is 2.33 bits per heavy atom. The zero-order valence-corrected chi connectivity index (χ0v) is 10.9. The average molecular weight is 271 g/mol. The van der Waals surface area contributed by atoms with Gasteiger partial charge >= 0.3 is 0 Å². The molecule has 2 rings (SSSR count). The number of hydrogen-bond donors (Lipinski definition) is 1. The van der Waals surface area contributed by atoms with Crippen molar-refractivity contribution >= 4 is 15.7 Å². The highest BCUT2D eigenvalue weighted by molar-refractivity contribution is 7.91. The van der Waals surface area contributed by atoms with Crippen LogP contribution in [0.15, 0.2) is 18.7 Å². The van der Waals surface area contributed by atoms with Gasteiger partial charge in [0.15, 0.2) is 9.84 Å². The van der Waals surface area contributed by atoms with Gasteiger partial charge in [-0.2, -0.15) is 0 Å². The van der Waals surface area contributed by atoms with E-state index in [1.165, 1.54) is 0 Å². The van der Waals surface area contributed by atoms with Gasteiger partial charge in [0.1, 0.15) is 0 Å². The minimum Gasteiger partial charge on any atom is -0.356 e. The predicted molar refractivity (Wildman–Crippen MR) is 66.6 cm³/mol. The van der Waals surface area contributed by atoms with Crippen LogP contribution in [-0.2, 0) is 21.2 Å². The summed E-state index contributed by atoms with van der Waals surface area (Å²) >= 11 is 0. The molecule has 0 aromatic carbocycles. The molecule has 1 aliphatic rings. The quantitative estimate of drug-likeness (QED) is 0.754. The molecule has 0 saturated carbocycles. The molecular formula is C11H17N3O3S. The number of imidazole rings is 1. The van der Waals surface area contributed by atoms with Crippen LogP contribution in [0, 0.1) is 5.92 Å². The van der Waals surface area contributed by atoms with Crippen molar-refractivity contribution in [3.05, 3.63) is 18.7 Å². The standard InChI is InChI=1S/C11H17N3O3S/c15-11(10-2-7-18(16,17)8-10)13-3-1-5-14-6-4-12-9-14/h4,6,9-10H,1-3,5,7-8H2,(H,13,15)/t10-/m1/s1. The lowest BCUT2D eigenvalue weighted by molar-refractivity contribution is -0.124. The maximum Gasteiger partial charge on any atom is 0.224 e. The Morgan fingerprint density at radius 3 is 2.94 bits per heavy atom. The van der Waals surface area contributed by atoms with Gasteiger partial charge in [-0.3, -0.25) is 4.79 Å². The first kappa shape index (κ1) is 13.1.